The number of nitrogens with zero attached hydrogens (tertiary/aromatic N) is 1. The van der Waals surface area contributed by atoms with E-state index in [1.807, 2.05) is 6.92 Å². The number of aliphatic imine (C=N–C) groups is 1. The summed E-state index contributed by atoms with van der Waals surface area (Å²) in [5.74, 6) is 1.22. The van der Waals surface area contributed by atoms with Gasteiger partial charge in [-0.15, -0.1) is 24.0 Å². The molecule has 1 aromatic rings. The van der Waals surface area contributed by atoms with Crippen LogP contribution in [0.2, 0.25) is 0 Å². The van der Waals surface area contributed by atoms with Crippen LogP contribution in [0.25, 0.3) is 0 Å². The van der Waals surface area contributed by atoms with Gasteiger partial charge in [-0.1, -0.05) is 0 Å². The molecule has 2 N–H and O–H groups in total. The topological polar surface area (TPSA) is 54.9 Å². The van der Waals surface area contributed by atoms with Gasteiger partial charge in [-0.25, -0.2) is 4.39 Å². The molecular weight excluding hydrogens is 424 g/mol. The molecule has 7 heteroatoms. The van der Waals surface area contributed by atoms with Gasteiger partial charge in [0.25, 0.3) is 0 Å². The molecule has 0 saturated heterocycles. The Hall–Kier alpha value is -1.09. The highest BCUT2D eigenvalue weighted by molar-refractivity contribution is 14.0. The zero-order valence-electron chi connectivity index (χ0n) is 14.5. The Morgan fingerprint density at radius 3 is 2.33 bits per heavy atom. The van der Waals surface area contributed by atoms with Crippen LogP contribution in [0.3, 0.4) is 0 Å². The lowest BCUT2D eigenvalue weighted by atomic mass is 10.3. The summed E-state index contributed by atoms with van der Waals surface area (Å²) in [7, 11) is 1.75. The highest BCUT2D eigenvalue weighted by Gasteiger charge is 1.98. The molecule has 0 heterocycles. The highest BCUT2D eigenvalue weighted by atomic mass is 127. The molecule has 0 aliphatic heterocycles. The molecule has 0 fully saturated rings. The summed E-state index contributed by atoms with van der Waals surface area (Å²) >= 11 is 0. The second-order valence-corrected chi connectivity index (χ2v) is 4.99. The molecular formula is C17H29FIN3O2. The molecule has 0 amide bonds. The highest BCUT2D eigenvalue weighted by Crippen LogP contribution is 2.10. The quantitative estimate of drug-likeness (QED) is 0.234. The van der Waals surface area contributed by atoms with Crippen molar-refractivity contribution in [2.45, 2.75) is 26.2 Å². The molecule has 0 radical (unpaired) electrons. The Bertz CT molecular complexity index is 444. The van der Waals surface area contributed by atoms with Gasteiger partial charge in [0.1, 0.15) is 11.6 Å². The summed E-state index contributed by atoms with van der Waals surface area (Å²) in [6, 6.07) is 6.05. The molecule has 0 aliphatic rings. The van der Waals surface area contributed by atoms with Crippen molar-refractivity contribution in [2.24, 2.45) is 4.99 Å². The van der Waals surface area contributed by atoms with Gasteiger partial charge in [-0.05, 0) is 50.5 Å². The SMILES string of the molecule is CCOCCCCNC(=NC)NCCCOc1ccc(F)cc1.I. The third-order valence-electron chi connectivity index (χ3n) is 3.13. The van der Waals surface area contributed by atoms with Crippen molar-refractivity contribution < 1.29 is 13.9 Å². The molecule has 0 spiro atoms. The molecule has 138 valence electrons. The number of ether oxygens (including phenoxy) is 2. The maximum atomic E-state index is 12.8. The van der Waals surface area contributed by atoms with Gasteiger partial charge in [-0.2, -0.15) is 0 Å². The molecule has 24 heavy (non-hydrogen) atoms. The monoisotopic (exact) mass is 453 g/mol. The van der Waals surface area contributed by atoms with Crippen molar-refractivity contribution in [3.63, 3.8) is 0 Å². The average molecular weight is 453 g/mol. The largest absolute Gasteiger partial charge is 0.494 e. The van der Waals surface area contributed by atoms with E-state index in [1.165, 1.54) is 12.1 Å². The number of hydrogen-bond donors (Lipinski definition) is 2. The summed E-state index contributed by atoms with van der Waals surface area (Å²) in [5, 5.41) is 6.50. The van der Waals surface area contributed by atoms with Crippen molar-refractivity contribution >= 4 is 29.9 Å². The zero-order valence-corrected chi connectivity index (χ0v) is 16.8. The summed E-state index contributed by atoms with van der Waals surface area (Å²) in [5.41, 5.74) is 0. The van der Waals surface area contributed by atoms with Crippen LogP contribution < -0.4 is 15.4 Å². The van der Waals surface area contributed by atoms with E-state index in [2.05, 4.69) is 15.6 Å². The van der Waals surface area contributed by atoms with Crippen molar-refractivity contribution in [1.29, 1.82) is 0 Å². The number of benzene rings is 1. The predicted octanol–water partition coefficient (Wildman–Crippen LogP) is 3.19. The summed E-state index contributed by atoms with van der Waals surface area (Å²) in [6.07, 6.45) is 2.93. The van der Waals surface area contributed by atoms with E-state index >= 15 is 0 Å². The van der Waals surface area contributed by atoms with Crippen LogP contribution in [0.5, 0.6) is 5.75 Å². The van der Waals surface area contributed by atoms with E-state index in [1.54, 1.807) is 19.2 Å². The van der Waals surface area contributed by atoms with Crippen LogP contribution in [0, 0.1) is 5.82 Å². The summed E-state index contributed by atoms with van der Waals surface area (Å²) < 4.78 is 23.6. The number of unbranched alkanes of at least 4 members (excludes halogenated alkanes) is 1. The smallest absolute Gasteiger partial charge is 0.190 e. The van der Waals surface area contributed by atoms with E-state index in [0.717, 1.165) is 51.5 Å². The molecule has 0 bridgehead atoms. The number of halogens is 2. The minimum Gasteiger partial charge on any atom is -0.494 e. The van der Waals surface area contributed by atoms with E-state index in [0.29, 0.717) is 12.4 Å². The molecule has 5 nitrogen and oxygen atoms in total. The lowest BCUT2D eigenvalue weighted by Crippen LogP contribution is -2.38. The van der Waals surface area contributed by atoms with Crippen LogP contribution >= 0.6 is 24.0 Å². The Morgan fingerprint density at radius 1 is 1.04 bits per heavy atom. The molecule has 0 unspecified atom stereocenters. The fraction of sp³-hybridized carbons (Fsp3) is 0.588. The number of rotatable bonds is 11. The van der Waals surface area contributed by atoms with Crippen molar-refractivity contribution in [1.82, 2.24) is 10.6 Å². The van der Waals surface area contributed by atoms with Gasteiger partial charge < -0.3 is 20.1 Å². The van der Waals surface area contributed by atoms with Crippen LogP contribution in [-0.4, -0.2) is 45.9 Å². The maximum Gasteiger partial charge on any atom is 0.190 e. The first kappa shape index (κ1) is 22.9. The fourth-order valence-corrected chi connectivity index (χ4v) is 1.90. The van der Waals surface area contributed by atoms with Crippen LogP contribution in [0.1, 0.15) is 26.2 Å². The molecule has 1 aromatic carbocycles. The number of nitrogens with one attached hydrogen (secondary N) is 2. The lowest BCUT2D eigenvalue weighted by molar-refractivity contribution is 0.143. The van der Waals surface area contributed by atoms with Crippen molar-refractivity contribution in [3.05, 3.63) is 30.1 Å². The van der Waals surface area contributed by atoms with Gasteiger partial charge in [-0.3, -0.25) is 4.99 Å². The Kier molecular flexibility index (Phi) is 14.7. The average Bonchev–Trinajstić information content (AvgIpc) is 2.57. The number of guanidine groups is 1. The van der Waals surface area contributed by atoms with Crippen LogP contribution in [0.4, 0.5) is 4.39 Å². The minimum atomic E-state index is -0.254. The lowest BCUT2D eigenvalue weighted by Gasteiger charge is -2.12. The third kappa shape index (κ3) is 11.4. The molecule has 1 rings (SSSR count). The molecule has 0 aromatic heterocycles. The van der Waals surface area contributed by atoms with E-state index in [4.69, 9.17) is 9.47 Å². The fourth-order valence-electron chi connectivity index (χ4n) is 1.90. The minimum absolute atomic E-state index is 0. The van der Waals surface area contributed by atoms with Gasteiger partial charge >= 0.3 is 0 Å². The number of hydrogen-bond acceptors (Lipinski definition) is 3. The van der Waals surface area contributed by atoms with Crippen molar-refractivity contribution in [2.75, 3.05) is 40.0 Å². The first-order chi connectivity index (χ1) is 11.3. The molecule has 0 aliphatic carbocycles. The second-order valence-electron chi connectivity index (χ2n) is 4.99. The van der Waals surface area contributed by atoms with Crippen LogP contribution in [0.15, 0.2) is 29.3 Å². The van der Waals surface area contributed by atoms with Gasteiger partial charge in [0.05, 0.1) is 6.61 Å². The van der Waals surface area contributed by atoms with Gasteiger partial charge in [0.2, 0.25) is 0 Å². The Morgan fingerprint density at radius 2 is 1.71 bits per heavy atom. The van der Waals surface area contributed by atoms with Gasteiger partial charge in [0, 0.05) is 33.4 Å². The van der Waals surface area contributed by atoms with Crippen molar-refractivity contribution in [3.8, 4) is 5.75 Å². The first-order valence-electron chi connectivity index (χ1n) is 8.17. The normalized spacial score (nSPS) is 10.9. The summed E-state index contributed by atoms with van der Waals surface area (Å²) in [6.45, 7) is 5.80. The van der Waals surface area contributed by atoms with Gasteiger partial charge in [0.15, 0.2) is 5.96 Å². The Balaban J connectivity index is 0.00000529. The van der Waals surface area contributed by atoms with Crippen LogP contribution in [-0.2, 0) is 4.74 Å². The third-order valence-corrected chi connectivity index (χ3v) is 3.13. The van der Waals surface area contributed by atoms with E-state index in [-0.39, 0.29) is 29.8 Å². The molecule has 0 saturated carbocycles. The second kappa shape index (κ2) is 15.4. The zero-order chi connectivity index (χ0) is 16.8. The maximum absolute atomic E-state index is 12.8. The first-order valence-corrected chi connectivity index (χ1v) is 8.17. The Labute approximate surface area is 161 Å². The summed E-state index contributed by atoms with van der Waals surface area (Å²) in [4.78, 5) is 4.17. The standard InChI is InChI=1S/C17H28FN3O2.HI/c1-3-22-13-5-4-11-20-17(19-2)21-12-6-14-23-16-9-7-15(18)8-10-16;/h7-10H,3-6,11-14H2,1-2H3,(H2,19,20,21);1H. The van der Waals surface area contributed by atoms with E-state index in [9.17, 15) is 4.39 Å². The van der Waals surface area contributed by atoms with E-state index < -0.39 is 0 Å². The predicted molar refractivity (Wildman–Crippen MR) is 107 cm³/mol. The molecule has 0 atom stereocenters.